The van der Waals surface area contributed by atoms with Crippen molar-refractivity contribution in [3.63, 3.8) is 0 Å². The second kappa shape index (κ2) is 13.1. The summed E-state index contributed by atoms with van der Waals surface area (Å²) in [6.45, 7) is 3.89. The van der Waals surface area contributed by atoms with Crippen LogP contribution in [0.4, 0.5) is 17.1 Å². The van der Waals surface area contributed by atoms with Crippen LogP contribution in [-0.4, -0.2) is 23.8 Å². The molecule has 3 N–H and O–H groups in total. The Balaban J connectivity index is 1.56. The van der Waals surface area contributed by atoms with E-state index in [9.17, 15) is 14.4 Å². The van der Waals surface area contributed by atoms with Gasteiger partial charge < -0.3 is 10.6 Å². The van der Waals surface area contributed by atoms with Crippen LogP contribution in [0.15, 0.2) is 115 Å². The lowest BCUT2D eigenvalue weighted by molar-refractivity contribution is -0.124. The largest absolute Gasteiger partial charge is 0.340 e. The average Bonchev–Trinajstić information content (AvgIpc) is 2.99. The maximum atomic E-state index is 13.7. The van der Waals surface area contributed by atoms with Crippen molar-refractivity contribution in [2.24, 2.45) is 5.92 Å². The number of nitrogens with one attached hydrogen (secondary N) is 3. The first-order valence-electron chi connectivity index (χ1n) is 12.9. The number of anilines is 3. The molecule has 3 amide bonds. The summed E-state index contributed by atoms with van der Waals surface area (Å²) >= 11 is 0. The van der Waals surface area contributed by atoms with E-state index in [0.717, 1.165) is 11.4 Å². The van der Waals surface area contributed by atoms with Gasteiger partial charge in [0.2, 0.25) is 0 Å². The Bertz CT molecular complexity index is 1360. The summed E-state index contributed by atoms with van der Waals surface area (Å²) in [6, 6.07) is 33.7. The van der Waals surface area contributed by atoms with Gasteiger partial charge in [-0.25, -0.2) is 0 Å². The van der Waals surface area contributed by atoms with Crippen molar-refractivity contribution < 1.29 is 14.4 Å². The zero-order chi connectivity index (χ0) is 27.6. The van der Waals surface area contributed by atoms with E-state index in [1.165, 1.54) is 0 Å². The molecule has 0 heterocycles. The smallest absolute Gasteiger partial charge is 0.261 e. The molecule has 0 fully saturated rings. The van der Waals surface area contributed by atoms with E-state index >= 15 is 0 Å². The molecule has 198 valence electrons. The second-order valence-electron chi connectivity index (χ2n) is 9.18. The van der Waals surface area contributed by atoms with E-state index in [-0.39, 0.29) is 23.3 Å². The fourth-order valence-electron chi connectivity index (χ4n) is 4.11. The van der Waals surface area contributed by atoms with Gasteiger partial charge in [-0.3, -0.25) is 24.8 Å². The van der Waals surface area contributed by atoms with Crippen molar-refractivity contribution >= 4 is 34.8 Å². The topological polar surface area (TPSA) is 90.5 Å². The molecule has 0 saturated carbocycles. The highest BCUT2D eigenvalue weighted by molar-refractivity contribution is 6.09. The lowest BCUT2D eigenvalue weighted by Crippen LogP contribution is -2.54. The minimum Gasteiger partial charge on any atom is -0.340 e. The van der Waals surface area contributed by atoms with E-state index in [1.54, 1.807) is 53.5 Å². The van der Waals surface area contributed by atoms with E-state index in [4.69, 9.17) is 0 Å². The fourth-order valence-corrected chi connectivity index (χ4v) is 4.11. The molecule has 0 saturated heterocycles. The standard InChI is InChI=1S/C32H32N4O3/c1-3-23(2)29(32(39)35-36(25-17-9-5-10-18-25)26-19-11-6-12-20-26)34-31(38)27-21-13-14-22-28(27)33-30(37)24-15-7-4-8-16-24/h4-23,29H,3H2,1-2H3,(H,33,37)(H,34,38)(H,35,39)/t23-,29+/m0/s1. The number of para-hydroxylation sites is 3. The molecule has 4 aromatic carbocycles. The third-order valence-corrected chi connectivity index (χ3v) is 6.49. The highest BCUT2D eigenvalue weighted by Gasteiger charge is 2.29. The summed E-state index contributed by atoms with van der Waals surface area (Å²) in [5, 5.41) is 7.44. The van der Waals surface area contributed by atoms with Gasteiger partial charge in [-0.1, -0.05) is 87.0 Å². The normalized spacial score (nSPS) is 12.1. The summed E-state index contributed by atoms with van der Waals surface area (Å²) in [4.78, 5) is 39.9. The molecule has 39 heavy (non-hydrogen) atoms. The summed E-state index contributed by atoms with van der Waals surface area (Å²) in [7, 11) is 0. The van der Waals surface area contributed by atoms with Crippen molar-refractivity contribution in [3.05, 3.63) is 126 Å². The average molecular weight is 521 g/mol. The zero-order valence-electron chi connectivity index (χ0n) is 22.0. The van der Waals surface area contributed by atoms with Gasteiger partial charge in [-0.15, -0.1) is 0 Å². The van der Waals surface area contributed by atoms with Gasteiger partial charge in [0, 0.05) is 5.56 Å². The molecular formula is C32H32N4O3. The molecule has 0 aliphatic carbocycles. The molecule has 0 spiro atoms. The van der Waals surface area contributed by atoms with Crippen LogP contribution in [0.25, 0.3) is 0 Å². The number of hydrogen-bond donors (Lipinski definition) is 3. The Morgan fingerprint density at radius 1 is 0.692 bits per heavy atom. The summed E-state index contributed by atoms with van der Waals surface area (Å²) in [5.41, 5.74) is 5.67. The highest BCUT2D eigenvalue weighted by atomic mass is 16.2. The van der Waals surface area contributed by atoms with Crippen LogP contribution >= 0.6 is 0 Å². The van der Waals surface area contributed by atoms with Gasteiger partial charge in [0.15, 0.2) is 0 Å². The Labute approximate surface area is 228 Å². The predicted octanol–water partition coefficient (Wildman–Crippen LogP) is 5.95. The van der Waals surface area contributed by atoms with Crippen LogP contribution in [0.3, 0.4) is 0 Å². The van der Waals surface area contributed by atoms with Gasteiger partial charge in [0.05, 0.1) is 22.6 Å². The monoisotopic (exact) mass is 520 g/mol. The number of nitrogens with zero attached hydrogens (tertiary/aromatic N) is 1. The molecule has 0 aliphatic heterocycles. The minimum atomic E-state index is -0.824. The maximum absolute atomic E-state index is 13.7. The molecule has 2 atom stereocenters. The SMILES string of the molecule is CC[C@H](C)[C@@H](NC(=O)c1ccccc1NC(=O)c1ccccc1)C(=O)NN(c1ccccc1)c1ccccc1. The van der Waals surface area contributed by atoms with Crippen molar-refractivity contribution in [3.8, 4) is 0 Å². The van der Waals surface area contributed by atoms with Crippen molar-refractivity contribution in [1.29, 1.82) is 0 Å². The van der Waals surface area contributed by atoms with Gasteiger partial charge >= 0.3 is 0 Å². The molecular weight excluding hydrogens is 488 g/mol. The van der Waals surface area contributed by atoms with Gasteiger partial charge in [-0.05, 0) is 54.4 Å². The van der Waals surface area contributed by atoms with Crippen LogP contribution in [-0.2, 0) is 4.79 Å². The number of carbonyl (C=O) groups excluding carboxylic acids is 3. The second-order valence-corrected chi connectivity index (χ2v) is 9.18. The first-order valence-corrected chi connectivity index (χ1v) is 12.9. The van der Waals surface area contributed by atoms with Crippen LogP contribution in [0.2, 0.25) is 0 Å². The van der Waals surface area contributed by atoms with Crippen molar-refractivity contribution in [1.82, 2.24) is 10.7 Å². The number of hydrogen-bond acceptors (Lipinski definition) is 4. The van der Waals surface area contributed by atoms with E-state index in [1.807, 2.05) is 80.6 Å². The van der Waals surface area contributed by atoms with Crippen LogP contribution in [0, 0.1) is 5.92 Å². The lowest BCUT2D eigenvalue weighted by atomic mass is 9.98. The van der Waals surface area contributed by atoms with Crippen molar-refractivity contribution in [2.45, 2.75) is 26.3 Å². The third-order valence-electron chi connectivity index (χ3n) is 6.49. The number of hydrazine groups is 1. The summed E-state index contributed by atoms with van der Waals surface area (Å²) in [5.74, 6) is -1.29. The highest BCUT2D eigenvalue weighted by Crippen LogP contribution is 2.23. The predicted molar refractivity (Wildman–Crippen MR) is 155 cm³/mol. The minimum absolute atomic E-state index is 0.159. The van der Waals surface area contributed by atoms with Crippen LogP contribution < -0.4 is 21.1 Å². The maximum Gasteiger partial charge on any atom is 0.261 e. The molecule has 7 heteroatoms. The first-order chi connectivity index (χ1) is 19.0. The van der Waals surface area contributed by atoms with E-state index in [0.29, 0.717) is 17.7 Å². The molecule has 0 bridgehead atoms. The quantitative estimate of drug-likeness (QED) is 0.225. The van der Waals surface area contributed by atoms with Crippen LogP contribution in [0.1, 0.15) is 41.0 Å². The Kier molecular flexibility index (Phi) is 9.08. The van der Waals surface area contributed by atoms with Crippen LogP contribution in [0.5, 0.6) is 0 Å². The molecule has 4 aromatic rings. The molecule has 0 unspecified atom stereocenters. The molecule has 0 aromatic heterocycles. The Morgan fingerprint density at radius 2 is 1.21 bits per heavy atom. The van der Waals surface area contributed by atoms with Gasteiger partial charge in [0.25, 0.3) is 17.7 Å². The number of carbonyl (C=O) groups is 3. The fraction of sp³-hybridized carbons (Fsp3) is 0.156. The molecule has 7 nitrogen and oxygen atoms in total. The molecule has 4 rings (SSSR count). The zero-order valence-corrected chi connectivity index (χ0v) is 22.0. The first kappa shape index (κ1) is 27.1. The van der Waals surface area contributed by atoms with Gasteiger partial charge in [-0.2, -0.15) is 0 Å². The number of rotatable bonds is 10. The molecule has 0 radical (unpaired) electrons. The van der Waals surface area contributed by atoms with E-state index < -0.39 is 11.9 Å². The van der Waals surface area contributed by atoms with Gasteiger partial charge in [0.1, 0.15) is 6.04 Å². The third kappa shape index (κ3) is 6.90. The summed E-state index contributed by atoms with van der Waals surface area (Å²) < 4.78 is 0. The van der Waals surface area contributed by atoms with Crippen molar-refractivity contribution in [2.75, 3.05) is 10.3 Å². The summed E-state index contributed by atoms with van der Waals surface area (Å²) in [6.07, 6.45) is 0.668. The van der Waals surface area contributed by atoms with E-state index in [2.05, 4.69) is 16.1 Å². The Hall–Kier alpha value is -4.91. The number of benzene rings is 4. The molecule has 0 aliphatic rings. The number of amides is 3. The Morgan fingerprint density at radius 3 is 1.77 bits per heavy atom. The lowest BCUT2D eigenvalue weighted by Gasteiger charge is -2.30.